The van der Waals surface area contributed by atoms with Gasteiger partial charge >= 0.3 is 12.1 Å². The van der Waals surface area contributed by atoms with Gasteiger partial charge in [0.25, 0.3) is 0 Å². The third-order valence-corrected chi connectivity index (χ3v) is 2.83. The molecule has 7 heteroatoms. The van der Waals surface area contributed by atoms with Gasteiger partial charge in [0.1, 0.15) is 0 Å². The Bertz CT molecular complexity index is 270. The zero-order chi connectivity index (χ0) is 13.1. The van der Waals surface area contributed by atoms with Crippen molar-refractivity contribution in [3.63, 3.8) is 0 Å². The quantitative estimate of drug-likeness (QED) is 0.802. The molecule has 1 saturated heterocycles. The van der Waals surface area contributed by atoms with Crippen molar-refractivity contribution in [3.05, 3.63) is 0 Å². The first-order chi connectivity index (χ1) is 7.84. The van der Waals surface area contributed by atoms with E-state index < -0.39 is 24.0 Å². The fraction of sp³-hybridized carbons (Fsp3) is 0.900. The lowest BCUT2D eigenvalue weighted by molar-refractivity contribution is -0.184. The first-order valence-corrected chi connectivity index (χ1v) is 5.43. The molecule has 0 bridgehead atoms. The Labute approximate surface area is 97.3 Å². The van der Waals surface area contributed by atoms with Crippen LogP contribution < -0.4 is 0 Å². The van der Waals surface area contributed by atoms with Crippen LogP contribution in [0.5, 0.6) is 0 Å². The van der Waals surface area contributed by atoms with E-state index in [2.05, 4.69) is 0 Å². The van der Waals surface area contributed by atoms with Gasteiger partial charge in [0, 0.05) is 25.6 Å². The molecular formula is C10H16F3NO3. The molecule has 1 aliphatic rings. The molecule has 2 unspecified atom stereocenters. The normalized spacial score (nSPS) is 26.4. The SMILES string of the molecule is CCOCC1CN(CC(=O)O)CC1C(F)(F)F. The lowest BCUT2D eigenvalue weighted by Gasteiger charge is -2.20. The highest BCUT2D eigenvalue weighted by atomic mass is 19.4. The fourth-order valence-electron chi connectivity index (χ4n) is 2.09. The van der Waals surface area contributed by atoms with Crippen molar-refractivity contribution in [2.24, 2.45) is 11.8 Å². The average Bonchev–Trinajstić information content (AvgIpc) is 2.56. The molecule has 1 N–H and O–H groups in total. The third-order valence-electron chi connectivity index (χ3n) is 2.83. The summed E-state index contributed by atoms with van der Waals surface area (Å²) in [5, 5.41) is 8.57. The molecule has 0 aromatic heterocycles. The fourth-order valence-corrected chi connectivity index (χ4v) is 2.09. The molecular weight excluding hydrogens is 239 g/mol. The molecule has 0 amide bonds. The number of rotatable bonds is 5. The molecule has 0 aliphatic carbocycles. The van der Waals surface area contributed by atoms with E-state index in [0.717, 1.165) is 0 Å². The first kappa shape index (κ1) is 14.2. The number of carboxylic acids is 1. The highest BCUT2D eigenvalue weighted by Gasteiger charge is 2.49. The van der Waals surface area contributed by atoms with Gasteiger partial charge in [-0.05, 0) is 6.92 Å². The molecule has 100 valence electrons. The lowest BCUT2D eigenvalue weighted by Crippen LogP contribution is -2.32. The summed E-state index contributed by atoms with van der Waals surface area (Å²) in [6.45, 7) is 1.61. The van der Waals surface area contributed by atoms with Gasteiger partial charge in [-0.2, -0.15) is 13.2 Å². The van der Waals surface area contributed by atoms with Crippen LogP contribution in [0.3, 0.4) is 0 Å². The Morgan fingerprint density at radius 1 is 1.47 bits per heavy atom. The summed E-state index contributed by atoms with van der Waals surface area (Å²) in [4.78, 5) is 11.8. The summed E-state index contributed by atoms with van der Waals surface area (Å²) in [6.07, 6.45) is -4.30. The molecule has 1 aliphatic heterocycles. The maximum atomic E-state index is 12.7. The van der Waals surface area contributed by atoms with Crippen molar-refractivity contribution in [2.45, 2.75) is 13.1 Å². The van der Waals surface area contributed by atoms with Gasteiger partial charge in [-0.25, -0.2) is 0 Å². The van der Waals surface area contributed by atoms with E-state index in [-0.39, 0.29) is 26.2 Å². The van der Waals surface area contributed by atoms with Gasteiger partial charge in [0.05, 0.1) is 19.1 Å². The van der Waals surface area contributed by atoms with Crippen molar-refractivity contribution in [1.29, 1.82) is 0 Å². The van der Waals surface area contributed by atoms with Crippen molar-refractivity contribution < 1.29 is 27.8 Å². The molecule has 2 atom stereocenters. The van der Waals surface area contributed by atoms with Gasteiger partial charge in [-0.3, -0.25) is 9.69 Å². The van der Waals surface area contributed by atoms with Crippen molar-refractivity contribution in [1.82, 2.24) is 4.90 Å². The predicted octanol–water partition coefficient (Wildman–Crippen LogP) is 1.22. The number of hydrogen-bond acceptors (Lipinski definition) is 3. The van der Waals surface area contributed by atoms with E-state index in [9.17, 15) is 18.0 Å². The molecule has 0 aromatic rings. The first-order valence-electron chi connectivity index (χ1n) is 5.43. The van der Waals surface area contributed by atoms with Crippen LogP contribution in [-0.2, 0) is 9.53 Å². The molecule has 17 heavy (non-hydrogen) atoms. The van der Waals surface area contributed by atoms with Crippen LogP contribution in [0.25, 0.3) is 0 Å². The van der Waals surface area contributed by atoms with Crippen LogP contribution in [0.1, 0.15) is 6.92 Å². The van der Waals surface area contributed by atoms with Gasteiger partial charge < -0.3 is 9.84 Å². The number of likely N-dealkylation sites (tertiary alicyclic amines) is 1. The minimum absolute atomic E-state index is 0.0246. The third kappa shape index (κ3) is 4.16. The second-order valence-electron chi connectivity index (χ2n) is 4.16. The summed E-state index contributed by atoms with van der Waals surface area (Å²) in [5.41, 5.74) is 0. The highest BCUT2D eigenvalue weighted by Crippen LogP contribution is 2.37. The number of ether oxygens (including phenoxy) is 1. The second kappa shape index (κ2) is 5.68. The summed E-state index contributed by atoms with van der Waals surface area (Å²) in [6, 6.07) is 0. The Morgan fingerprint density at radius 3 is 2.59 bits per heavy atom. The Hall–Kier alpha value is -0.820. The minimum atomic E-state index is -4.30. The van der Waals surface area contributed by atoms with Crippen molar-refractivity contribution in [3.8, 4) is 0 Å². The minimum Gasteiger partial charge on any atom is -0.480 e. The molecule has 0 spiro atoms. The number of halogens is 3. The topological polar surface area (TPSA) is 49.8 Å². The maximum absolute atomic E-state index is 12.7. The lowest BCUT2D eigenvalue weighted by atomic mass is 9.96. The van der Waals surface area contributed by atoms with Crippen LogP contribution in [0.4, 0.5) is 13.2 Å². The van der Waals surface area contributed by atoms with Gasteiger partial charge in [0.15, 0.2) is 0 Å². The average molecular weight is 255 g/mol. The number of nitrogens with zero attached hydrogens (tertiary/aromatic N) is 1. The van der Waals surface area contributed by atoms with Crippen LogP contribution in [0, 0.1) is 11.8 Å². The van der Waals surface area contributed by atoms with E-state index in [1.165, 1.54) is 4.90 Å². The van der Waals surface area contributed by atoms with Gasteiger partial charge in [-0.1, -0.05) is 0 Å². The number of carbonyl (C=O) groups is 1. The number of hydrogen-bond donors (Lipinski definition) is 1. The van der Waals surface area contributed by atoms with E-state index in [4.69, 9.17) is 9.84 Å². The number of carboxylic acid groups (broad SMARTS) is 1. The summed E-state index contributed by atoms with van der Waals surface area (Å²) >= 11 is 0. The van der Waals surface area contributed by atoms with E-state index in [1.807, 2.05) is 0 Å². The predicted molar refractivity (Wildman–Crippen MR) is 53.6 cm³/mol. The van der Waals surface area contributed by atoms with Gasteiger partial charge in [0.2, 0.25) is 0 Å². The summed E-state index contributed by atoms with van der Waals surface area (Å²) in [7, 11) is 0. The van der Waals surface area contributed by atoms with Crippen molar-refractivity contribution in [2.75, 3.05) is 32.8 Å². The molecule has 0 saturated carbocycles. The van der Waals surface area contributed by atoms with Crippen molar-refractivity contribution >= 4 is 5.97 Å². The molecule has 1 rings (SSSR count). The Kier molecular flexibility index (Phi) is 4.76. The molecule has 1 heterocycles. The van der Waals surface area contributed by atoms with Gasteiger partial charge in [-0.15, -0.1) is 0 Å². The Balaban J connectivity index is 2.62. The summed E-state index contributed by atoms with van der Waals surface area (Å²) < 4.78 is 43.2. The second-order valence-corrected chi connectivity index (χ2v) is 4.16. The van der Waals surface area contributed by atoms with Crippen LogP contribution in [-0.4, -0.2) is 55.0 Å². The molecule has 0 radical (unpaired) electrons. The van der Waals surface area contributed by atoms with Crippen LogP contribution in [0.15, 0.2) is 0 Å². The zero-order valence-corrected chi connectivity index (χ0v) is 9.54. The number of alkyl halides is 3. The van der Waals surface area contributed by atoms with E-state index in [0.29, 0.717) is 6.61 Å². The highest BCUT2D eigenvalue weighted by molar-refractivity contribution is 5.69. The smallest absolute Gasteiger partial charge is 0.393 e. The standard InChI is InChI=1S/C10H16F3NO3/c1-2-17-6-7-3-14(5-9(15)16)4-8(7)10(11,12)13/h7-8H,2-6H2,1H3,(H,15,16). The molecule has 1 fully saturated rings. The van der Waals surface area contributed by atoms with Crippen LogP contribution >= 0.6 is 0 Å². The molecule has 4 nitrogen and oxygen atoms in total. The monoisotopic (exact) mass is 255 g/mol. The largest absolute Gasteiger partial charge is 0.480 e. The maximum Gasteiger partial charge on any atom is 0.393 e. The van der Waals surface area contributed by atoms with E-state index >= 15 is 0 Å². The van der Waals surface area contributed by atoms with E-state index in [1.54, 1.807) is 6.92 Å². The zero-order valence-electron chi connectivity index (χ0n) is 9.54. The Morgan fingerprint density at radius 2 is 2.12 bits per heavy atom. The molecule has 0 aromatic carbocycles. The van der Waals surface area contributed by atoms with Crippen LogP contribution in [0.2, 0.25) is 0 Å². The summed E-state index contributed by atoms with van der Waals surface area (Å²) in [5.74, 6) is -3.27. The number of aliphatic carboxylic acids is 1.